The van der Waals surface area contributed by atoms with E-state index in [1.807, 2.05) is 4.90 Å². The maximum absolute atomic E-state index is 13.3. The number of rotatable bonds is 5. The molecule has 10 heteroatoms. The van der Waals surface area contributed by atoms with Crippen molar-refractivity contribution in [3.8, 4) is 11.5 Å². The van der Waals surface area contributed by atoms with Crippen molar-refractivity contribution < 1.29 is 27.4 Å². The maximum atomic E-state index is 13.3. The minimum atomic E-state index is -3.70. The van der Waals surface area contributed by atoms with Gasteiger partial charge in [-0.15, -0.1) is 0 Å². The Hall–Kier alpha value is -2.82. The van der Waals surface area contributed by atoms with E-state index in [1.165, 1.54) is 26.2 Å². The van der Waals surface area contributed by atoms with Crippen molar-refractivity contribution in [1.82, 2.24) is 4.31 Å². The van der Waals surface area contributed by atoms with Gasteiger partial charge in [0.25, 0.3) is 5.91 Å². The smallest absolute Gasteiger partial charge is 0.257 e. The van der Waals surface area contributed by atoms with Gasteiger partial charge in [0, 0.05) is 51.0 Å². The fourth-order valence-corrected chi connectivity index (χ4v) is 4.52. The first kappa shape index (κ1) is 22.4. The molecular formula is C22H27N3O6S. The number of benzene rings is 2. The Morgan fingerprint density at radius 1 is 0.969 bits per heavy atom. The molecule has 1 saturated heterocycles. The molecule has 32 heavy (non-hydrogen) atoms. The van der Waals surface area contributed by atoms with Gasteiger partial charge in [0.2, 0.25) is 10.0 Å². The molecule has 1 amide bonds. The van der Waals surface area contributed by atoms with Gasteiger partial charge < -0.3 is 24.4 Å². The molecule has 0 aromatic heterocycles. The molecule has 2 aromatic carbocycles. The van der Waals surface area contributed by atoms with E-state index in [9.17, 15) is 13.2 Å². The predicted octanol–water partition coefficient (Wildman–Crippen LogP) is 2.19. The zero-order valence-electron chi connectivity index (χ0n) is 18.2. The molecule has 0 aliphatic carbocycles. The SMILES string of the molecule is CN(C)S(=O)(=O)c1ccc(N2CCOCC2)c(C(=O)Nc2ccc3c(c2)OCCCO3)c1. The number of morpholine rings is 1. The van der Waals surface area contributed by atoms with Gasteiger partial charge >= 0.3 is 0 Å². The highest BCUT2D eigenvalue weighted by Crippen LogP contribution is 2.33. The van der Waals surface area contributed by atoms with Crippen LogP contribution in [0.4, 0.5) is 11.4 Å². The van der Waals surface area contributed by atoms with E-state index < -0.39 is 15.9 Å². The van der Waals surface area contributed by atoms with Crippen molar-refractivity contribution in [1.29, 1.82) is 0 Å². The van der Waals surface area contributed by atoms with E-state index in [4.69, 9.17) is 14.2 Å². The number of ether oxygens (including phenoxy) is 3. The summed E-state index contributed by atoms with van der Waals surface area (Å²) in [4.78, 5) is 15.4. The van der Waals surface area contributed by atoms with Crippen LogP contribution >= 0.6 is 0 Å². The van der Waals surface area contributed by atoms with E-state index in [0.717, 1.165) is 10.7 Å². The lowest BCUT2D eigenvalue weighted by Gasteiger charge is -2.30. The number of amides is 1. The average Bonchev–Trinajstić information content (AvgIpc) is 3.04. The predicted molar refractivity (Wildman–Crippen MR) is 120 cm³/mol. The number of carbonyl (C=O) groups excluding carboxylic acids is 1. The van der Waals surface area contributed by atoms with Crippen LogP contribution in [0.15, 0.2) is 41.3 Å². The van der Waals surface area contributed by atoms with Crippen LogP contribution in [0.25, 0.3) is 0 Å². The van der Waals surface area contributed by atoms with Crippen LogP contribution in [-0.4, -0.2) is 72.2 Å². The van der Waals surface area contributed by atoms with Crippen LogP contribution in [0.3, 0.4) is 0 Å². The fourth-order valence-electron chi connectivity index (χ4n) is 3.59. The number of hydrogen-bond acceptors (Lipinski definition) is 7. The monoisotopic (exact) mass is 461 g/mol. The van der Waals surface area contributed by atoms with Crippen molar-refractivity contribution >= 4 is 27.3 Å². The first-order chi connectivity index (χ1) is 15.4. The van der Waals surface area contributed by atoms with E-state index in [2.05, 4.69) is 5.32 Å². The summed E-state index contributed by atoms with van der Waals surface area (Å²) >= 11 is 0. The van der Waals surface area contributed by atoms with Crippen molar-refractivity contribution in [2.24, 2.45) is 0 Å². The Morgan fingerprint density at radius 2 is 1.69 bits per heavy atom. The second kappa shape index (κ2) is 9.35. The highest BCUT2D eigenvalue weighted by atomic mass is 32.2. The van der Waals surface area contributed by atoms with E-state index in [0.29, 0.717) is 62.4 Å². The lowest BCUT2D eigenvalue weighted by atomic mass is 10.1. The molecule has 172 valence electrons. The Morgan fingerprint density at radius 3 is 2.41 bits per heavy atom. The van der Waals surface area contributed by atoms with Gasteiger partial charge in [0.1, 0.15) is 0 Å². The number of nitrogens with zero attached hydrogens (tertiary/aromatic N) is 2. The standard InChI is InChI=1S/C22H27N3O6S/c1-24(2)32(27,28)17-5-6-19(25-8-12-29-13-9-25)18(15-17)22(26)23-16-4-7-20-21(14-16)31-11-3-10-30-20/h4-7,14-15H,3,8-13H2,1-2H3,(H,23,26). The molecule has 2 aliphatic heterocycles. The lowest BCUT2D eigenvalue weighted by Crippen LogP contribution is -2.37. The molecule has 0 radical (unpaired) electrons. The number of nitrogens with one attached hydrogen (secondary N) is 1. The normalized spacial score (nSPS) is 16.5. The van der Waals surface area contributed by atoms with Gasteiger partial charge in [-0.05, 0) is 30.3 Å². The maximum Gasteiger partial charge on any atom is 0.257 e. The summed E-state index contributed by atoms with van der Waals surface area (Å²) in [5, 5.41) is 2.88. The zero-order chi connectivity index (χ0) is 22.7. The van der Waals surface area contributed by atoms with Crippen molar-refractivity contribution in [2.75, 3.05) is 63.8 Å². The zero-order valence-corrected chi connectivity index (χ0v) is 19.0. The number of sulfonamides is 1. The molecule has 0 unspecified atom stereocenters. The minimum Gasteiger partial charge on any atom is -0.490 e. The summed E-state index contributed by atoms with van der Waals surface area (Å²) < 4.78 is 43.2. The molecule has 2 heterocycles. The Kier molecular flexibility index (Phi) is 6.54. The molecule has 9 nitrogen and oxygen atoms in total. The largest absolute Gasteiger partial charge is 0.490 e. The van der Waals surface area contributed by atoms with Crippen LogP contribution in [0, 0.1) is 0 Å². The second-order valence-corrected chi connectivity index (χ2v) is 9.88. The van der Waals surface area contributed by atoms with E-state index >= 15 is 0 Å². The molecule has 0 bridgehead atoms. The Labute approximate surface area is 187 Å². The summed E-state index contributed by atoms with van der Waals surface area (Å²) in [6.07, 6.45) is 0.784. The number of fused-ring (bicyclic) bond motifs is 1. The van der Waals surface area contributed by atoms with Gasteiger partial charge in [0.05, 0.1) is 36.9 Å². The molecule has 0 saturated carbocycles. The van der Waals surface area contributed by atoms with Gasteiger partial charge in [-0.2, -0.15) is 0 Å². The van der Waals surface area contributed by atoms with Crippen molar-refractivity contribution in [3.05, 3.63) is 42.0 Å². The first-order valence-electron chi connectivity index (χ1n) is 10.5. The van der Waals surface area contributed by atoms with Crippen LogP contribution in [0.2, 0.25) is 0 Å². The molecule has 2 aromatic rings. The first-order valence-corrected chi connectivity index (χ1v) is 11.9. The fraction of sp³-hybridized carbons (Fsp3) is 0.409. The molecule has 1 N–H and O–H groups in total. The van der Waals surface area contributed by atoms with Crippen LogP contribution in [0.1, 0.15) is 16.8 Å². The minimum absolute atomic E-state index is 0.0586. The number of hydrogen-bond donors (Lipinski definition) is 1. The Bertz CT molecular complexity index is 1100. The topological polar surface area (TPSA) is 97.4 Å². The number of anilines is 2. The van der Waals surface area contributed by atoms with Gasteiger partial charge in [-0.3, -0.25) is 4.79 Å². The molecule has 1 fully saturated rings. The van der Waals surface area contributed by atoms with Gasteiger partial charge in [-0.1, -0.05) is 0 Å². The second-order valence-electron chi connectivity index (χ2n) is 7.73. The van der Waals surface area contributed by atoms with Gasteiger partial charge in [-0.25, -0.2) is 12.7 Å². The van der Waals surface area contributed by atoms with Crippen LogP contribution in [-0.2, 0) is 14.8 Å². The summed E-state index contributed by atoms with van der Waals surface area (Å²) in [5.41, 5.74) is 1.48. The van der Waals surface area contributed by atoms with Gasteiger partial charge in [0.15, 0.2) is 11.5 Å². The summed E-state index contributed by atoms with van der Waals surface area (Å²) in [7, 11) is -0.774. The lowest BCUT2D eigenvalue weighted by molar-refractivity contribution is 0.102. The molecule has 0 spiro atoms. The Balaban J connectivity index is 1.68. The molecule has 0 atom stereocenters. The number of carbonyl (C=O) groups is 1. The third kappa shape index (κ3) is 4.67. The highest BCUT2D eigenvalue weighted by Gasteiger charge is 2.24. The summed E-state index contributed by atoms with van der Waals surface area (Å²) in [6, 6.07) is 9.85. The molecule has 4 rings (SSSR count). The van der Waals surface area contributed by atoms with E-state index in [-0.39, 0.29) is 10.5 Å². The van der Waals surface area contributed by atoms with Crippen molar-refractivity contribution in [3.63, 3.8) is 0 Å². The van der Waals surface area contributed by atoms with Crippen LogP contribution < -0.4 is 19.7 Å². The molecule has 2 aliphatic rings. The summed E-state index contributed by atoms with van der Waals surface area (Å²) in [6.45, 7) is 3.43. The highest BCUT2D eigenvalue weighted by molar-refractivity contribution is 7.89. The van der Waals surface area contributed by atoms with Crippen LogP contribution in [0.5, 0.6) is 11.5 Å². The van der Waals surface area contributed by atoms with Crippen molar-refractivity contribution in [2.45, 2.75) is 11.3 Å². The third-order valence-corrected chi connectivity index (χ3v) is 7.16. The third-order valence-electron chi connectivity index (χ3n) is 5.35. The molecular weight excluding hydrogens is 434 g/mol. The average molecular weight is 462 g/mol. The quantitative estimate of drug-likeness (QED) is 0.729. The summed E-state index contributed by atoms with van der Waals surface area (Å²) in [5.74, 6) is 0.794. The van der Waals surface area contributed by atoms with E-state index in [1.54, 1.807) is 24.3 Å².